The number of benzene rings is 1. The predicted octanol–water partition coefficient (Wildman–Crippen LogP) is 1.90. The Morgan fingerprint density at radius 3 is 2.10 bits per heavy atom. The highest BCUT2D eigenvalue weighted by Crippen LogP contribution is 2.23. The maximum Gasteiger partial charge on any atom is 0.573 e. The fraction of sp³-hybridized carbons (Fsp3) is 0.250. The molecule has 0 saturated heterocycles. The topological polar surface area (TPSA) is 69.7 Å². The maximum atomic E-state index is 11.9. The molecule has 0 atom stereocenters. The van der Waals surface area contributed by atoms with Crippen LogP contribution in [0.1, 0.15) is 16.8 Å². The first kappa shape index (κ1) is 15.7. The minimum atomic E-state index is -4.83. The number of rotatable bonds is 5. The van der Waals surface area contributed by atoms with Crippen LogP contribution in [0.25, 0.3) is 0 Å². The molecular weight excluding hydrogens is 281 g/mol. The van der Waals surface area contributed by atoms with Crippen LogP contribution in [0.5, 0.6) is 5.75 Å². The van der Waals surface area contributed by atoms with Gasteiger partial charge in [-0.25, -0.2) is 4.79 Å². The van der Waals surface area contributed by atoms with E-state index in [4.69, 9.17) is 0 Å². The van der Waals surface area contributed by atoms with Gasteiger partial charge in [0.15, 0.2) is 5.78 Å². The number of hydrogen-bond donors (Lipinski definition) is 0. The van der Waals surface area contributed by atoms with Gasteiger partial charge in [-0.3, -0.25) is 9.59 Å². The molecule has 0 spiro atoms. The zero-order chi connectivity index (χ0) is 15.3. The van der Waals surface area contributed by atoms with E-state index in [1.54, 1.807) is 0 Å². The third-order valence-corrected chi connectivity index (χ3v) is 2.14. The predicted molar refractivity (Wildman–Crippen MR) is 59.1 cm³/mol. The van der Waals surface area contributed by atoms with E-state index in [0.717, 1.165) is 31.4 Å². The number of hydrogen-bond acceptors (Lipinski definition) is 5. The van der Waals surface area contributed by atoms with Crippen LogP contribution in [0.15, 0.2) is 24.3 Å². The van der Waals surface area contributed by atoms with E-state index in [1.807, 2.05) is 0 Å². The average molecular weight is 290 g/mol. The quantitative estimate of drug-likeness (QED) is 0.358. The number of carbonyl (C=O) groups is 3. The lowest BCUT2D eigenvalue weighted by Crippen LogP contribution is -2.19. The van der Waals surface area contributed by atoms with Gasteiger partial charge in [0.05, 0.1) is 13.5 Å². The summed E-state index contributed by atoms with van der Waals surface area (Å²) in [5, 5.41) is 0. The summed E-state index contributed by atoms with van der Waals surface area (Å²) in [5.74, 6) is -3.39. The van der Waals surface area contributed by atoms with Crippen molar-refractivity contribution in [2.75, 3.05) is 7.11 Å². The molecule has 0 N–H and O–H groups in total. The van der Waals surface area contributed by atoms with Gasteiger partial charge in [0, 0.05) is 5.56 Å². The van der Waals surface area contributed by atoms with E-state index in [2.05, 4.69) is 9.47 Å². The fourth-order valence-electron chi connectivity index (χ4n) is 1.28. The Balaban J connectivity index is 2.71. The molecule has 5 nitrogen and oxygen atoms in total. The Bertz CT molecular complexity index is 519. The third-order valence-electron chi connectivity index (χ3n) is 2.14. The van der Waals surface area contributed by atoms with Crippen LogP contribution in [0.3, 0.4) is 0 Å². The Labute approximate surface area is 111 Å². The van der Waals surface area contributed by atoms with E-state index in [9.17, 15) is 27.6 Å². The number of Topliss-reactive ketones (excluding diaryl/α,β-unsaturated/α-hetero) is 2. The Kier molecular flexibility index (Phi) is 4.84. The van der Waals surface area contributed by atoms with Crippen molar-refractivity contribution >= 4 is 17.5 Å². The first-order chi connectivity index (χ1) is 9.23. The molecule has 0 radical (unpaired) electrons. The second kappa shape index (κ2) is 6.18. The first-order valence-corrected chi connectivity index (χ1v) is 5.23. The lowest BCUT2D eigenvalue weighted by Gasteiger charge is -2.08. The van der Waals surface area contributed by atoms with Gasteiger partial charge in [0.1, 0.15) is 5.75 Å². The third kappa shape index (κ3) is 4.71. The number of alkyl halides is 3. The summed E-state index contributed by atoms with van der Waals surface area (Å²) in [7, 11) is 0.994. The zero-order valence-electron chi connectivity index (χ0n) is 10.2. The summed E-state index contributed by atoms with van der Waals surface area (Å²) in [4.78, 5) is 33.5. The second-order valence-electron chi connectivity index (χ2n) is 3.59. The first-order valence-electron chi connectivity index (χ1n) is 5.23. The van der Waals surface area contributed by atoms with Crippen molar-refractivity contribution in [1.29, 1.82) is 0 Å². The number of ketones is 2. The van der Waals surface area contributed by atoms with Gasteiger partial charge in [-0.1, -0.05) is 0 Å². The second-order valence-corrected chi connectivity index (χ2v) is 3.59. The molecule has 0 unspecified atom stereocenters. The molecule has 0 aliphatic heterocycles. The van der Waals surface area contributed by atoms with Gasteiger partial charge in [-0.2, -0.15) is 0 Å². The molecule has 1 aromatic carbocycles. The minimum absolute atomic E-state index is 0.0169. The van der Waals surface area contributed by atoms with Gasteiger partial charge in [0.25, 0.3) is 0 Å². The monoisotopic (exact) mass is 290 g/mol. The summed E-state index contributed by atoms with van der Waals surface area (Å²) in [6, 6.07) is 3.99. The Hall–Kier alpha value is -2.38. The van der Waals surface area contributed by atoms with Gasteiger partial charge >= 0.3 is 12.3 Å². The van der Waals surface area contributed by atoms with Crippen molar-refractivity contribution in [2.45, 2.75) is 12.8 Å². The van der Waals surface area contributed by atoms with Crippen LogP contribution in [-0.4, -0.2) is 31.0 Å². The van der Waals surface area contributed by atoms with Crippen molar-refractivity contribution in [3.05, 3.63) is 29.8 Å². The van der Waals surface area contributed by atoms with Gasteiger partial charge in [-0.15, -0.1) is 13.2 Å². The fourth-order valence-corrected chi connectivity index (χ4v) is 1.28. The lowest BCUT2D eigenvalue weighted by atomic mass is 10.1. The summed E-state index contributed by atoms with van der Waals surface area (Å²) in [6.45, 7) is 0. The van der Waals surface area contributed by atoms with Crippen LogP contribution >= 0.6 is 0 Å². The van der Waals surface area contributed by atoms with Crippen molar-refractivity contribution in [2.24, 2.45) is 0 Å². The largest absolute Gasteiger partial charge is 0.573 e. The molecule has 20 heavy (non-hydrogen) atoms. The number of carbonyl (C=O) groups excluding carboxylic acids is 3. The summed E-state index contributed by atoms with van der Waals surface area (Å²) in [6.07, 6.45) is -5.54. The van der Waals surface area contributed by atoms with Crippen LogP contribution in [0.4, 0.5) is 13.2 Å². The highest BCUT2D eigenvalue weighted by Gasteiger charge is 2.31. The van der Waals surface area contributed by atoms with Crippen molar-refractivity contribution in [3.63, 3.8) is 0 Å². The van der Waals surface area contributed by atoms with Crippen molar-refractivity contribution in [3.8, 4) is 5.75 Å². The molecule has 0 bridgehead atoms. The molecule has 1 rings (SSSR count). The molecule has 0 amide bonds. The molecule has 1 aromatic rings. The number of ether oxygens (including phenoxy) is 2. The normalized spacial score (nSPS) is 10.8. The van der Waals surface area contributed by atoms with Crippen LogP contribution in [0, 0.1) is 0 Å². The molecule has 0 aromatic heterocycles. The number of halogens is 3. The Morgan fingerprint density at radius 2 is 1.65 bits per heavy atom. The van der Waals surface area contributed by atoms with Crippen molar-refractivity contribution in [1.82, 2.24) is 0 Å². The summed E-state index contributed by atoms with van der Waals surface area (Å²) >= 11 is 0. The van der Waals surface area contributed by atoms with Gasteiger partial charge in [-0.05, 0) is 24.3 Å². The van der Waals surface area contributed by atoms with Gasteiger partial charge in [0.2, 0.25) is 5.78 Å². The zero-order valence-corrected chi connectivity index (χ0v) is 10.2. The molecule has 8 heteroatoms. The molecule has 0 aliphatic rings. The smallest absolute Gasteiger partial charge is 0.463 e. The van der Waals surface area contributed by atoms with Crippen LogP contribution in [-0.2, 0) is 14.3 Å². The highest BCUT2D eigenvalue weighted by molar-refractivity contribution is 6.38. The molecule has 108 valence electrons. The number of esters is 1. The Morgan fingerprint density at radius 1 is 1.10 bits per heavy atom. The molecular formula is C12H9F3O5. The van der Waals surface area contributed by atoms with Crippen LogP contribution < -0.4 is 4.74 Å². The molecule has 0 heterocycles. The maximum absolute atomic E-state index is 11.9. The van der Waals surface area contributed by atoms with Crippen LogP contribution in [0.2, 0.25) is 0 Å². The molecule has 0 aliphatic carbocycles. The van der Waals surface area contributed by atoms with E-state index in [1.165, 1.54) is 0 Å². The van der Waals surface area contributed by atoms with E-state index in [-0.39, 0.29) is 5.56 Å². The summed E-state index contributed by atoms with van der Waals surface area (Å²) in [5.41, 5.74) is -0.0169. The lowest BCUT2D eigenvalue weighted by molar-refractivity contribution is -0.274. The van der Waals surface area contributed by atoms with E-state index < -0.39 is 36.1 Å². The molecule has 0 saturated carbocycles. The highest BCUT2D eigenvalue weighted by atomic mass is 19.4. The summed E-state index contributed by atoms with van der Waals surface area (Å²) < 4.78 is 43.5. The average Bonchev–Trinajstić information content (AvgIpc) is 2.36. The minimum Gasteiger partial charge on any atom is -0.463 e. The molecule has 0 fully saturated rings. The number of methoxy groups -OCH3 is 1. The standard InChI is InChI=1S/C12H9F3O5/c1-19-11(18)10(17)6-9(16)7-2-4-8(5-3-7)20-12(13,14)15/h2-5H,6H2,1H3. The van der Waals surface area contributed by atoms with Gasteiger partial charge < -0.3 is 9.47 Å². The van der Waals surface area contributed by atoms with Crippen molar-refractivity contribution < 1.29 is 37.0 Å². The van der Waals surface area contributed by atoms with E-state index >= 15 is 0 Å². The van der Waals surface area contributed by atoms with E-state index in [0.29, 0.717) is 0 Å². The SMILES string of the molecule is COC(=O)C(=O)CC(=O)c1ccc(OC(F)(F)F)cc1.